The summed E-state index contributed by atoms with van der Waals surface area (Å²) in [6, 6.07) is 15.1. The lowest BCUT2D eigenvalue weighted by atomic mass is 10.0. The third-order valence-corrected chi connectivity index (χ3v) is 9.43. The zero-order valence-corrected chi connectivity index (χ0v) is 19.9. The van der Waals surface area contributed by atoms with E-state index in [2.05, 4.69) is 15.1 Å². The Balaban J connectivity index is 1.21. The van der Waals surface area contributed by atoms with Crippen LogP contribution in [0.2, 0.25) is 0 Å². The van der Waals surface area contributed by atoms with Gasteiger partial charge in [0.15, 0.2) is 0 Å². The number of hydrogen-bond acceptors (Lipinski definition) is 5. The number of benzene rings is 2. The minimum Gasteiger partial charge on any atom is -0.371 e. The maximum atomic E-state index is 15.0. The average molecular weight is 484 g/mol. The van der Waals surface area contributed by atoms with Crippen molar-refractivity contribution in [1.29, 1.82) is 0 Å². The summed E-state index contributed by atoms with van der Waals surface area (Å²) >= 11 is 0. The van der Waals surface area contributed by atoms with Crippen molar-refractivity contribution < 1.29 is 12.8 Å². The minimum atomic E-state index is -3.46. The molecule has 9 heteroatoms. The molecule has 0 aliphatic carbocycles. The highest BCUT2D eigenvalue weighted by atomic mass is 32.2. The quantitative estimate of drug-likeness (QED) is 0.531. The summed E-state index contributed by atoms with van der Waals surface area (Å²) in [6.07, 6.45) is 7.21. The van der Waals surface area contributed by atoms with Crippen molar-refractivity contribution >= 4 is 15.7 Å². The Morgan fingerprint density at radius 3 is 2.38 bits per heavy atom. The minimum absolute atomic E-state index is 0.271. The van der Waals surface area contributed by atoms with Crippen LogP contribution in [0.3, 0.4) is 0 Å². The van der Waals surface area contributed by atoms with E-state index < -0.39 is 15.3 Å². The molecule has 0 saturated carbocycles. The van der Waals surface area contributed by atoms with Gasteiger partial charge in [0.1, 0.15) is 23.7 Å². The van der Waals surface area contributed by atoms with Gasteiger partial charge in [0.05, 0.1) is 0 Å². The number of halogens is 1. The third kappa shape index (κ3) is 4.72. The fourth-order valence-electron chi connectivity index (χ4n) is 5.15. The highest BCUT2D eigenvalue weighted by Gasteiger charge is 2.36. The molecule has 7 nitrogen and oxygen atoms in total. The summed E-state index contributed by atoms with van der Waals surface area (Å²) in [6.45, 7) is 2.47. The predicted octanol–water partition coefficient (Wildman–Crippen LogP) is 3.97. The van der Waals surface area contributed by atoms with Gasteiger partial charge >= 0.3 is 0 Å². The smallest absolute Gasteiger partial charge is 0.221 e. The number of nitrogens with zero attached hydrogens (tertiary/aromatic N) is 5. The first-order valence-corrected chi connectivity index (χ1v) is 13.4. The van der Waals surface area contributed by atoms with Crippen molar-refractivity contribution in [3.63, 3.8) is 0 Å². The molecule has 2 aliphatic rings. The normalized spacial score (nSPS) is 21.6. The van der Waals surface area contributed by atoms with Crippen LogP contribution in [0.1, 0.15) is 48.1 Å². The van der Waals surface area contributed by atoms with Crippen LogP contribution in [0.25, 0.3) is 0 Å². The Morgan fingerprint density at radius 2 is 1.68 bits per heavy atom. The van der Waals surface area contributed by atoms with Crippen molar-refractivity contribution in [2.75, 3.05) is 31.1 Å². The van der Waals surface area contributed by atoms with Gasteiger partial charge in [-0.1, -0.05) is 36.4 Å². The topological polar surface area (TPSA) is 71.3 Å². The van der Waals surface area contributed by atoms with Crippen molar-refractivity contribution in [3.05, 3.63) is 78.1 Å². The van der Waals surface area contributed by atoms with Gasteiger partial charge in [-0.2, -0.15) is 0 Å². The van der Waals surface area contributed by atoms with Gasteiger partial charge in [0.25, 0.3) is 0 Å². The van der Waals surface area contributed by atoms with Crippen molar-refractivity contribution in [3.8, 4) is 0 Å². The van der Waals surface area contributed by atoms with Crippen LogP contribution in [-0.4, -0.2) is 53.7 Å². The predicted molar refractivity (Wildman–Crippen MR) is 130 cm³/mol. The summed E-state index contributed by atoms with van der Waals surface area (Å²) in [7, 11) is -3.46. The third-order valence-electron chi connectivity index (χ3n) is 7.12. The Hall–Kier alpha value is -2.78. The molecule has 0 radical (unpaired) electrons. The van der Waals surface area contributed by atoms with E-state index in [4.69, 9.17) is 0 Å². The molecule has 2 saturated heterocycles. The zero-order valence-electron chi connectivity index (χ0n) is 19.1. The number of rotatable bonds is 6. The van der Waals surface area contributed by atoms with Crippen LogP contribution < -0.4 is 4.90 Å². The van der Waals surface area contributed by atoms with E-state index in [0.717, 1.165) is 43.6 Å². The van der Waals surface area contributed by atoms with Crippen LogP contribution in [0.15, 0.2) is 61.2 Å². The lowest BCUT2D eigenvalue weighted by molar-refractivity contribution is 0.365. The summed E-state index contributed by atoms with van der Waals surface area (Å²) < 4.78 is 45.0. The molecule has 1 atom stereocenters. The molecule has 1 unspecified atom stereocenters. The molecule has 180 valence electrons. The molecule has 2 aromatic carbocycles. The van der Waals surface area contributed by atoms with E-state index in [1.807, 2.05) is 47.0 Å². The Labute approximate surface area is 200 Å². The molecular weight excluding hydrogens is 453 g/mol. The second-order valence-electron chi connectivity index (χ2n) is 9.14. The first-order valence-electron chi connectivity index (χ1n) is 11.9. The number of anilines is 1. The van der Waals surface area contributed by atoms with Crippen molar-refractivity contribution in [1.82, 2.24) is 19.1 Å². The maximum absolute atomic E-state index is 15.0. The fraction of sp³-hybridized carbons (Fsp3) is 0.440. The first-order chi connectivity index (χ1) is 16.5. The van der Waals surface area contributed by atoms with Gasteiger partial charge in [-0.15, -0.1) is 10.2 Å². The Bertz CT molecular complexity index is 1200. The van der Waals surface area contributed by atoms with Crippen LogP contribution in [0.5, 0.6) is 0 Å². The van der Waals surface area contributed by atoms with Crippen LogP contribution >= 0.6 is 0 Å². The van der Waals surface area contributed by atoms with Gasteiger partial charge < -0.3 is 9.47 Å². The van der Waals surface area contributed by atoms with E-state index in [-0.39, 0.29) is 5.82 Å². The SMILES string of the molecule is O=S1(=O)C(c2ccccc2)CCCN1CCc1ccc(N2CCC(n3cnnc3)CC2)cc1F. The number of piperidine rings is 1. The molecular formula is C25H30FN5O2S. The molecule has 3 aromatic rings. The van der Waals surface area contributed by atoms with Crippen molar-refractivity contribution in [2.45, 2.75) is 43.4 Å². The number of aromatic nitrogens is 3. The van der Waals surface area contributed by atoms with Gasteiger partial charge in [0.2, 0.25) is 10.0 Å². The van der Waals surface area contributed by atoms with Gasteiger partial charge in [-0.05, 0) is 55.4 Å². The lowest BCUT2D eigenvalue weighted by Crippen LogP contribution is -2.41. The highest BCUT2D eigenvalue weighted by Crippen LogP contribution is 2.34. The lowest BCUT2D eigenvalue weighted by Gasteiger charge is -2.34. The summed E-state index contributed by atoms with van der Waals surface area (Å²) in [4.78, 5) is 2.20. The molecule has 34 heavy (non-hydrogen) atoms. The molecule has 0 N–H and O–H groups in total. The maximum Gasteiger partial charge on any atom is 0.221 e. The Morgan fingerprint density at radius 1 is 0.941 bits per heavy atom. The molecule has 2 fully saturated rings. The number of hydrogen-bond donors (Lipinski definition) is 0. The van der Waals surface area contributed by atoms with Gasteiger partial charge in [-0.3, -0.25) is 0 Å². The van der Waals surface area contributed by atoms with E-state index in [9.17, 15) is 12.8 Å². The number of sulfonamides is 1. The Kier molecular flexibility index (Phi) is 6.65. The summed E-state index contributed by atoms with van der Waals surface area (Å²) in [5.74, 6) is -0.271. The average Bonchev–Trinajstić information content (AvgIpc) is 3.39. The molecule has 2 aliphatic heterocycles. The molecule has 0 bridgehead atoms. The second-order valence-corrected chi connectivity index (χ2v) is 11.3. The molecule has 0 amide bonds. The highest BCUT2D eigenvalue weighted by molar-refractivity contribution is 7.89. The van der Waals surface area contributed by atoms with Crippen molar-refractivity contribution in [2.24, 2.45) is 0 Å². The zero-order chi connectivity index (χ0) is 23.5. The standard InChI is InChI=1S/C25H30FN5O2S/c26-24-17-23(29-14-11-22(12-15-29)30-18-27-28-19-30)9-8-20(24)10-16-31-13-4-7-25(34(31,32)33)21-5-2-1-3-6-21/h1-3,5-6,8-9,17-19,22,25H,4,7,10-16H2. The van der Waals surface area contributed by atoms with E-state index in [1.54, 1.807) is 18.7 Å². The van der Waals surface area contributed by atoms with Gasteiger partial charge in [-0.25, -0.2) is 17.1 Å². The molecule has 5 rings (SSSR count). The molecule has 0 spiro atoms. The van der Waals surface area contributed by atoms with E-state index in [1.165, 1.54) is 4.31 Å². The van der Waals surface area contributed by atoms with E-state index in [0.29, 0.717) is 37.5 Å². The molecule has 1 aromatic heterocycles. The summed E-state index contributed by atoms with van der Waals surface area (Å²) in [5, 5.41) is 7.25. The van der Waals surface area contributed by atoms with Crippen LogP contribution in [-0.2, 0) is 16.4 Å². The largest absolute Gasteiger partial charge is 0.371 e. The monoisotopic (exact) mass is 483 g/mol. The summed E-state index contributed by atoms with van der Waals surface area (Å²) in [5.41, 5.74) is 2.26. The first kappa shape index (κ1) is 23.0. The second kappa shape index (κ2) is 9.84. The van der Waals surface area contributed by atoms with Crippen LogP contribution in [0, 0.1) is 5.82 Å². The van der Waals surface area contributed by atoms with E-state index >= 15 is 0 Å². The fourth-order valence-corrected chi connectivity index (χ4v) is 7.21. The van der Waals surface area contributed by atoms with Gasteiger partial charge in [0, 0.05) is 37.9 Å². The van der Waals surface area contributed by atoms with Crippen LogP contribution in [0.4, 0.5) is 10.1 Å². The molecule has 3 heterocycles.